The Hall–Kier alpha value is -1.45. The number of carbonyl (C=O) groups excluding carboxylic acids is 1. The number of carbonyl (C=O) groups is 1. The van der Waals surface area contributed by atoms with E-state index in [1.54, 1.807) is 12.4 Å². The fraction of sp³-hybridized carbons (Fsp3) is 0.583. The Morgan fingerprint density at radius 3 is 3.06 bits per heavy atom. The number of hydrogen-bond donors (Lipinski definition) is 0. The third kappa shape index (κ3) is 2.56. The van der Waals surface area contributed by atoms with E-state index in [0.29, 0.717) is 6.42 Å². The van der Waals surface area contributed by atoms with Gasteiger partial charge < -0.3 is 0 Å². The molecule has 1 aromatic rings. The number of rotatable bonds is 4. The standard InChI is InChI=1S/C12H17N3O/c1-2-6-15-12(13-9-14-15)8-10-4-3-5-11(16)7-10/h7,9H,2-6,8H2,1H3. The van der Waals surface area contributed by atoms with Gasteiger partial charge in [0.1, 0.15) is 12.2 Å². The molecule has 2 rings (SSSR count). The Morgan fingerprint density at radius 1 is 1.44 bits per heavy atom. The molecule has 0 saturated carbocycles. The molecule has 0 saturated heterocycles. The normalized spacial score (nSPS) is 16.3. The Labute approximate surface area is 95.4 Å². The van der Waals surface area contributed by atoms with Crippen LogP contribution in [0.25, 0.3) is 0 Å². The van der Waals surface area contributed by atoms with Crippen molar-refractivity contribution in [1.29, 1.82) is 0 Å². The number of ketones is 1. The zero-order chi connectivity index (χ0) is 11.4. The smallest absolute Gasteiger partial charge is 0.155 e. The molecule has 0 amide bonds. The van der Waals surface area contributed by atoms with Gasteiger partial charge in [0.15, 0.2) is 5.78 Å². The van der Waals surface area contributed by atoms with Crippen LogP contribution in [0.2, 0.25) is 0 Å². The minimum atomic E-state index is 0.253. The number of aryl methyl sites for hydroxylation is 1. The second-order valence-corrected chi connectivity index (χ2v) is 4.20. The van der Waals surface area contributed by atoms with Crippen molar-refractivity contribution in [3.05, 3.63) is 23.8 Å². The highest BCUT2D eigenvalue weighted by Crippen LogP contribution is 2.18. The average molecular weight is 219 g/mol. The van der Waals surface area contributed by atoms with Gasteiger partial charge in [-0.15, -0.1) is 0 Å². The van der Waals surface area contributed by atoms with Crippen LogP contribution in [-0.4, -0.2) is 20.5 Å². The first-order valence-corrected chi connectivity index (χ1v) is 5.88. The molecular weight excluding hydrogens is 202 g/mol. The van der Waals surface area contributed by atoms with E-state index in [4.69, 9.17) is 0 Å². The second-order valence-electron chi connectivity index (χ2n) is 4.20. The highest BCUT2D eigenvalue weighted by Gasteiger charge is 2.12. The molecule has 0 N–H and O–H groups in total. The van der Waals surface area contributed by atoms with E-state index in [1.165, 1.54) is 5.57 Å². The van der Waals surface area contributed by atoms with Gasteiger partial charge in [-0.05, 0) is 25.3 Å². The highest BCUT2D eigenvalue weighted by atomic mass is 16.1. The molecule has 1 aromatic heterocycles. The summed E-state index contributed by atoms with van der Waals surface area (Å²) in [6.07, 6.45) is 7.90. The van der Waals surface area contributed by atoms with Crippen LogP contribution in [0, 0.1) is 0 Å². The van der Waals surface area contributed by atoms with Crippen LogP contribution in [-0.2, 0) is 17.8 Å². The predicted octanol–water partition coefficient (Wildman–Crippen LogP) is 1.91. The second kappa shape index (κ2) is 5.05. The van der Waals surface area contributed by atoms with E-state index in [2.05, 4.69) is 17.0 Å². The third-order valence-electron chi connectivity index (χ3n) is 2.80. The molecule has 0 fully saturated rings. The summed E-state index contributed by atoms with van der Waals surface area (Å²) in [5.74, 6) is 1.23. The van der Waals surface area contributed by atoms with Crippen molar-refractivity contribution in [2.45, 2.75) is 45.6 Å². The van der Waals surface area contributed by atoms with Crippen molar-refractivity contribution >= 4 is 5.78 Å². The van der Waals surface area contributed by atoms with Crippen molar-refractivity contribution < 1.29 is 4.79 Å². The van der Waals surface area contributed by atoms with E-state index < -0.39 is 0 Å². The monoisotopic (exact) mass is 219 g/mol. The van der Waals surface area contributed by atoms with E-state index in [1.807, 2.05) is 4.68 Å². The number of hydrogen-bond acceptors (Lipinski definition) is 3. The molecule has 1 aliphatic rings. The summed E-state index contributed by atoms with van der Waals surface area (Å²) in [6.45, 7) is 3.02. The first-order chi connectivity index (χ1) is 7.79. The van der Waals surface area contributed by atoms with Crippen LogP contribution >= 0.6 is 0 Å². The van der Waals surface area contributed by atoms with Crippen molar-refractivity contribution in [1.82, 2.24) is 14.8 Å². The summed E-state index contributed by atoms with van der Waals surface area (Å²) in [4.78, 5) is 15.5. The van der Waals surface area contributed by atoms with Crippen molar-refractivity contribution in [2.75, 3.05) is 0 Å². The predicted molar refractivity (Wildman–Crippen MR) is 61.0 cm³/mol. The summed E-state index contributed by atoms with van der Waals surface area (Å²) in [7, 11) is 0. The van der Waals surface area contributed by atoms with Crippen LogP contribution in [0.4, 0.5) is 0 Å². The molecule has 0 unspecified atom stereocenters. The number of allylic oxidation sites excluding steroid dienone is 2. The third-order valence-corrected chi connectivity index (χ3v) is 2.80. The molecule has 86 valence electrons. The zero-order valence-electron chi connectivity index (χ0n) is 9.65. The summed E-state index contributed by atoms with van der Waals surface area (Å²) >= 11 is 0. The Bertz CT molecular complexity index is 406. The van der Waals surface area contributed by atoms with Crippen LogP contribution in [0.3, 0.4) is 0 Å². The zero-order valence-corrected chi connectivity index (χ0v) is 9.65. The molecular formula is C12H17N3O. The van der Waals surface area contributed by atoms with Gasteiger partial charge in [-0.3, -0.25) is 4.79 Å². The minimum Gasteiger partial charge on any atom is -0.295 e. The van der Waals surface area contributed by atoms with Gasteiger partial charge in [0, 0.05) is 19.4 Å². The molecule has 4 nitrogen and oxygen atoms in total. The molecule has 0 atom stereocenters. The minimum absolute atomic E-state index is 0.253. The first kappa shape index (κ1) is 11.0. The van der Waals surface area contributed by atoms with Gasteiger partial charge in [-0.25, -0.2) is 9.67 Å². The van der Waals surface area contributed by atoms with Crippen molar-refractivity contribution in [3.63, 3.8) is 0 Å². The van der Waals surface area contributed by atoms with Crippen molar-refractivity contribution in [3.8, 4) is 0 Å². The lowest BCUT2D eigenvalue weighted by molar-refractivity contribution is -0.115. The molecule has 0 radical (unpaired) electrons. The van der Waals surface area contributed by atoms with E-state index in [0.717, 1.165) is 38.1 Å². The number of aromatic nitrogens is 3. The summed E-state index contributed by atoms with van der Waals surface area (Å²) < 4.78 is 1.93. The maximum atomic E-state index is 11.3. The highest BCUT2D eigenvalue weighted by molar-refractivity contribution is 5.91. The Morgan fingerprint density at radius 2 is 2.31 bits per heavy atom. The Kier molecular flexibility index (Phi) is 3.49. The fourth-order valence-electron chi connectivity index (χ4n) is 2.03. The summed E-state index contributed by atoms with van der Waals surface area (Å²) in [6, 6.07) is 0. The van der Waals surface area contributed by atoms with Crippen LogP contribution in [0.5, 0.6) is 0 Å². The SMILES string of the molecule is CCCn1ncnc1CC1=CC(=O)CCC1. The van der Waals surface area contributed by atoms with Crippen LogP contribution in [0.1, 0.15) is 38.4 Å². The molecule has 1 aliphatic carbocycles. The molecule has 1 heterocycles. The van der Waals surface area contributed by atoms with Gasteiger partial charge in [0.05, 0.1) is 0 Å². The van der Waals surface area contributed by atoms with E-state index in [9.17, 15) is 4.79 Å². The quantitative estimate of drug-likeness (QED) is 0.777. The van der Waals surface area contributed by atoms with Gasteiger partial charge in [0.2, 0.25) is 0 Å². The molecule has 4 heteroatoms. The summed E-state index contributed by atoms with van der Waals surface area (Å²) in [5, 5.41) is 4.18. The Balaban J connectivity index is 2.08. The lowest BCUT2D eigenvalue weighted by Gasteiger charge is -2.11. The van der Waals surface area contributed by atoms with Gasteiger partial charge >= 0.3 is 0 Å². The maximum Gasteiger partial charge on any atom is 0.155 e. The fourth-order valence-corrected chi connectivity index (χ4v) is 2.03. The molecule has 0 aromatic carbocycles. The molecule has 0 spiro atoms. The van der Waals surface area contributed by atoms with Gasteiger partial charge in [-0.2, -0.15) is 5.10 Å². The van der Waals surface area contributed by atoms with Gasteiger partial charge in [-0.1, -0.05) is 12.5 Å². The molecule has 0 aliphatic heterocycles. The lowest BCUT2D eigenvalue weighted by atomic mass is 9.96. The van der Waals surface area contributed by atoms with Gasteiger partial charge in [0.25, 0.3) is 0 Å². The lowest BCUT2D eigenvalue weighted by Crippen LogP contribution is -2.10. The molecule has 0 bridgehead atoms. The van der Waals surface area contributed by atoms with Crippen LogP contribution in [0.15, 0.2) is 18.0 Å². The van der Waals surface area contributed by atoms with Crippen molar-refractivity contribution in [2.24, 2.45) is 0 Å². The van der Waals surface area contributed by atoms with E-state index in [-0.39, 0.29) is 5.78 Å². The maximum absolute atomic E-state index is 11.3. The molecule has 16 heavy (non-hydrogen) atoms. The topological polar surface area (TPSA) is 47.8 Å². The first-order valence-electron chi connectivity index (χ1n) is 5.88. The van der Waals surface area contributed by atoms with Crippen LogP contribution < -0.4 is 0 Å². The largest absolute Gasteiger partial charge is 0.295 e. The average Bonchev–Trinajstić information content (AvgIpc) is 2.66. The number of nitrogens with zero attached hydrogens (tertiary/aromatic N) is 3. The van der Waals surface area contributed by atoms with E-state index >= 15 is 0 Å². The summed E-state index contributed by atoms with van der Waals surface area (Å²) in [5.41, 5.74) is 1.20.